The third-order valence-electron chi connectivity index (χ3n) is 5.81. The van der Waals surface area contributed by atoms with Gasteiger partial charge in [0.15, 0.2) is 0 Å². The highest BCUT2D eigenvalue weighted by Crippen LogP contribution is 2.49. The highest BCUT2D eigenvalue weighted by molar-refractivity contribution is 6.17. The van der Waals surface area contributed by atoms with Crippen molar-refractivity contribution in [1.29, 1.82) is 0 Å². The first-order valence-electron chi connectivity index (χ1n) is 10.5. The van der Waals surface area contributed by atoms with E-state index in [1.54, 1.807) is 4.90 Å². The van der Waals surface area contributed by atoms with Crippen LogP contribution in [0.4, 0.5) is 17.1 Å². The van der Waals surface area contributed by atoms with Crippen LogP contribution in [0, 0.1) is 12.3 Å². The molecule has 0 unspecified atom stereocenters. The summed E-state index contributed by atoms with van der Waals surface area (Å²) in [6.45, 7) is 10.6. The van der Waals surface area contributed by atoms with Gasteiger partial charge in [-0.15, -0.1) is 0 Å². The van der Waals surface area contributed by atoms with Crippen LogP contribution < -0.4 is 15.1 Å². The lowest BCUT2D eigenvalue weighted by Gasteiger charge is -2.26. The molecule has 0 saturated heterocycles. The lowest BCUT2D eigenvalue weighted by Crippen LogP contribution is -2.43. The zero-order chi connectivity index (χ0) is 21.0. The number of carbonyl (C=O) groups is 2. The van der Waals surface area contributed by atoms with Crippen LogP contribution in [0.25, 0.3) is 0 Å². The standard InChI is InChI=1S/C24H31N3O2/c1-5-26(6-2)20-13-14-21(18(4)17-20)25-22(28)24(15-16-24)23(29)27(7-3)19-11-9-8-10-12-19/h8-14,17H,5-7,15-16H2,1-4H3,(H,25,28). The number of aryl methyl sites for hydroxylation is 1. The first-order valence-corrected chi connectivity index (χ1v) is 10.5. The molecule has 1 aliphatic rings. The molecule has 3 rings (SSSR count). The molecule has 0 radical (unpaired) electrons. The second kappa shape index (κ2) is 8.68. The number of benzene rings is 2. The van der Waals surface area contributed by atoms with Crippen LogP contribution in [0.2, 0.25) is 0 Å². The third kappa shape index (κ3) is 4.14. The minimum Gasteiger partial charge on any atom is -0.372 e. The Bertz CT molecular complexity index is 871. The Balaban J connectivity index is 1.77. The number of nitrogens with zero attached hydrogens (tertiary/aromatic N) is 2. The van der Waals surface area contributed by atoms with Crippen molar-refractivity contribution in [1.82, 2.24) is 0 Å². The topological polar surface area (TPSA) is 52.7 Å². The number of nitrogens with one attached hydrogen (secondary N) is 1. The van der Waals surface area contributed by atoms with Crippen molar-refractivity contribution < 1.29 is 9.59 Å². The van der Waals surface area contributed by atoms with Crippen molar-refractivity contribution in [3.05, 3.63) is 54.1 Å². The van der Waals surface area contributed by atoms with Crippen molar-refractivity contribution in [3.63, 3.8) is 0 Å². The van der Waals surface area contributed by atoms with Crippen LogP contribution in [0.5, 0.6) is 0 Å². The van der Waals surface area contributed by atoms with E-state index >= 15 is 0 Å². The minimum atomic E-state index is -0.949. The lowest BCUT2D eigenvalue weighted by molar-refractivity contribution is -0.132. The maximum atomic E-state index is 13.3. The van der Waals surface area contributed by atoms with Gasteiger partial charge >= 0.3 is 0 Å². The molecule has 2 aromatic carbocycles. The second-order valence-corrected chi connectivity index (χ2v) is 7.59. The highest BCUT2D eigenvalue weighted by atomic mass is 16.2. The van der Waals surface area contributed by atoms with Crippen molar-refractivity contribution in [2.24, 2.45) is 5.41 Å². The van der Waals surface area contributed by atoms with Crippen molar-refractivity contribution in [3.8, 4) is 0 Å². The summed E-state index contributed by atoms with van der Waals surface area (Å²) in [6, 6.07) is 15.6. The number of amides is 2. The number of rotatable bonds is 8. The Kier molecular flexibility index (Phi) is 6.26. The average molecular weight is 394 g/mol. The fourth-order valence-electron chi connectivity index (χ4n) is 3.79. The minimum absolute atomic E-state index is 0.110. The van der Waals surface area contributed by atoms with E-state index in [0.717, 1.165) is 35.7 Å². The molecule has 0 heterocycles. The van der Waals surface area contributed by atoms with E-state index < -0.39 is 5.41 Å². The van der Waals surface area contributed by atoms with Gasteiger partial charge in [-0.25, -0.2) is 0 Å². The Morgan fingerprint density at radius 1 is 0.931 bits per heavy atom. The first-order chi connectivity index (χ1) is 14.0. The molecule has 5 heteroatoms. The summed E-state index contributed by atoms with van der Waals surface area (Å²) in [5.41, 5.74) is 2.80. The van der Waals surface area contributed by atoms with Gasteiger partial charge in [-0.05, 0) is 76.4 Å². The normalized spacial score (nSPS) is 14.2. The lowest BCUT2D eigenvalue weighted by atomic mass is 10.0. The molecule has 0 aromatic heterocycles. The largest absolute Gasteiger partial charge is 0.372 e. The van der Waals surface area contributed by atoms with Crippen LogP contribution in [0.1, 0.15) is 39.2 Å². The van der Waals surface area contributed by atoms with E-state index in [9.17, 15) is 9.59 Å². The van der Waals surface area contributed by atoms with E-state index in [1.165, 1.54) is 0 Å². The monoisotopic (exact) mass is 393 g/mol. The van der Waals surface area contributed by atoms with Crippen LogP contribution in [0.15, 0.2) is 48.5 Å². The van der Waals surface area contributed by atoms with Gasteiger partial charge in [0.05, 0.1) is 0 Å². The predicted molar refractivity (Wildman–Crippen MR) is 120 cm³/mol. The molecule has 1 aliphatic carbocycles. The van der Waals surface area contributed by atoms with Gasteiger partial charge in [-0.2, -0.15) is 0 Å². The molecular formula is C24H31N3O2. The molecule has 1 fully saturated rings. The summed E-state index contributed by atoms with van der Waals surface area (Å²) in [7, 11) is 0. The van der Waals surface area contributed by atoms with E-state index in [-0.39, 0.29) is 11.8 Å². The fourth-order valence-corrected chi connectivity index (χ4v) is 3.79. The van der Waals surface area contributed by atoms with Gasteiger partial charge in [-0.3, -0.25) is 9.59 Å². The zero-order valence-corrected chi connectivity index (χ0v) is 17.9. The Hall–Kier alpha value is -2.82. The van der Waals surface area contributed by atoms with E-state index in [0.29, 0.717) is 19.4 Å². The number of hydrogen-bond donors (Lipinski definition) is 1. The quantitative estimate of drug-likeness (QED) is 0.666. The number of carbonyl (C=O) groups excluding carboxylic acids is 2. The molecule has 2 amide bonds. The van der Waals surface area contributed by atoms with E-state index in [4.69, 9.17) is 0 Å². The maximum Gasteiger partial charge on any atom is 0.242 e. The van der Waals surface area contributed by atoms with Crippen molar-refractivity contribution >= 4 is 28.9 Å². The molecular weight excluding hydrogens is 362 g/mol. The molecule has 154 valence electrons. The summed E-state index contributed by atoms with van der Waals surface area (Å²) in [5, 5.41) is 3.02. The number of anilines is 3. The molecule has 0 bridgehead atoms. The van der Waals surface area contributed by atoms with Gasteiger partial charge in [0.25, 0.3) is 0 Å². The molecule has 5 nitrogen and oxygen atoms in total. The van der Waals surface area contributed by atoms with Crippen LogP contribution in [0.3, 0.4) is 0 Å². The Morgan fingerprint density at radius 2 is 1.59 bits per heavy atom. The SMILES string of the molecule is CCN(CC)c1ccc(NC(=O)C2(C(=O)N(CC)c3ccccc3)CC2)c(C)c1. The van der Waals surface area contributed by atoms with Crippen molar-refractivity contribution in [2.75, 3.05) is 34.8 Å². The van der Waals surface area contributed by atoms with Crippen LogP contribution in [-0.4, -0.2) is 31.4 Å². The fraction of sp³-hybridized carbons (Fsp3) is 0.417. The first kappa shape index (κ1) is 20.9. The van der Waals surface area contributed by atoms with Crippen LogP contribution >= 0.6 is 0 Å². The molecule has 2 aromatic rings. The average Bonchev–Trinajstić information content (AvgIpc) is 3.54. The van der Waals surface area contributed by atoms with E-state index in [2.05, 4.69) is 30.1 Å². The van der Waals surface area contributed by atoms with Crippen LogP contribution in [-0.2, 0) is 9.59 Å². The molecule has 0 spiro atoms. The maximum absolute atomic E-state index is 13.3. The summed E-state index contributed by atoms with van der Waals surface area (Å²) in [6.07, 6.45) is 1.19. The summed E-state index contributed by atoms with van der Waals surface area (Å²) in [5.74, 6) is -0.309. The second-order valence-electron chi connectivity index (χ2n) is 7.59. The predicted octanol–water partition coefficient (Wildman–Crippen LogP) is 4.61. The highest BCUT2D eigenvalue weighted by Gasteiger charge is 2.58. The zero-order valence-electron chi connectivity index (χ0n) is 17.9. The molecule has 0 atom stereocenters. The summed E-state index contributed by atoms with van der Waals surface area (Å²) < 4.78 is 0. The molecule has 1 saturated carbocycles. The molecule has 0 aliphatic heterocycles. The van der Waals surface area contributed by atoms with Gasteiger partial charge in [-0.1, -0.05) is 18.2 Å². The number of hydrogen-bond acceptors (Lipinski definition) is 3. The van der Waals surface area contributed by atoms with E-state index in [1.807, 2.05) is 56.3 Å². The molecule has 1 N–H and O–H groups in total. The Morgan fingerprint density at radius 3 is 2.10 bits per heavy atom. The Labute approximate surface area is 173 Å². The smallest absolute Gasteiger partial charge is 0.242 e. The van der Waals surface area contributed by atoms with Gasteiger partial charge in [0.2, 0.25) is 11.8 Å². The summed E-state index contributed by atoms with van der Waals surface area (Å²) >= 11 is 0. The third-order valence-corrected chi connectivity index (χ3v) is 5.81. The summed E-state index contributed by atoms with van der Waals surface area (Å²) in [4.78, 5) is 30.3. The van der Waals surface area contributed by atoms with Gasteiger partial charge in [0, 0.05) is 36.7 Å². The molecule has 29 heavy (non-hydrogen) atoms. The van der Waals surface area contributed by atoms with Crippen molar-refractivity contribution in [2.45, 2.75) is 40.5 Å². The van der Waals surface area contributed by atoms with Gasteiger partial charge < -0.3 is 15.1 Å². The van der Waals surface area contributed by atoms with Gasteiger partial charge in [0.1, 0.15) is 5.41 Å². The number of para-hydroxylation sites is 1.